The van der Waals surface area contributed by atoms with Crippen molar-refractivity contribution in [1.29, 1.82) is 0 Å². The summed E-state index contributed by atoms with van der Waals surface area (Å²) < 4.78 is 0. The molecular formula is C33H66O2. The fraction of sp³-hybridized carbons (Fsp3) is 0.970. The second-order valence-electron chi connectivity index (χ2n) is 12.7. The molecule has 210 valence electrons. The van der Waals surface area contributed by atoms with Crippen LogP contribution in [0.15, 0.2) is 0 Å². The Bertz CT molecular complexity index is 460. The van der Waals surface area contributed by atoms with E-state index in [1.807, 2.05) is 6.92 Å². The van der Waals surface area contributed by atoms with Gasteiger partial charge in [0, 0.05) is 0 Å². The summed E-state index contributed by atoms with van der Waals surface area (Å²) in [5.41, 5.74) is 0. The van der Waals surface area contributed by atoms with E-state index in [4.69, 9.17) is 5.11 Å². The zero-order valence-corrected chi connectivity index (χ0v) is 25.1. The Morgan fingerprint density at radius 2 is 0.800 bits per heavy atom. The van der Waals surface area contributed by atoms with Crippen molar-refractivity contribution in [2.45, 2.75) is 176 Å². The van der Waals surface area contributed by atoms with Gasteiger partial charge in [-0.05, 0) is 49.4 Å². The van der Waals surface area contributed by atoms with Crippen LogP contribution < -0.4 is 0 Å². The van der Waals surface area contributed by atoms with Gasteiger partial charge in [0.25, 0.3) is 0 Å². The van der Waals surface area contributed by atoms with Crippen LogP contribution in [-0.4, -0.2) is 11.1 Å². The summed E-state index contributed by atoms with van der Waals surface area (Å²) >= 11 is 0. The lowest BCUT2D eigenvalue weighted by atomic mass is 9.82. The van der Waals surface area contributed by atoms with E-state index in [9.17, 15) is 4.79 Å². The van der Waals surface area contributed by atoms with Crippen LogP contribution in [0.25, 0.3) is 0 Å². The van der Waals surface area contributed by atoms with Gasteiger partial charge in [-0.25, -0.2) is 0 Å². The maximum Gasteiger partial charge on any atom is 0.306 e. The average Bonchev–Trinajstić information content (AvgIpc) is 2.78. The minimum Gasteiger partial charge on any atom is -0.481 e. The molecular weight excluding hydrogens is 428 g/mol. The van der Waals surface area contributed by atoms with Crippen LogP contribution in [-0.2, 0) is 4.79 Å². The third-order valence-corrected chi connectivity index (χ3v) is 8.14. The molecule has 0 aliphatic carbocycles. The van der Waals surface area contributed by atoms with E-state index < -0.39 is 5.97 Å². The first kappa shape index (κ1) is 34.5. The van der Waals surface area contributed by atoms with Crippen molar-refractivity contribution in [3.05, 3.63) is 0 Å². The summed E-state index contributed by atoms with van der Waals surface area (Å²) in [5.74, 6) is 1.96. The van der Waals surface area contributed by atoms with Gasteiger partial charge in [0.15, 0.2) is 0 Å². The monoisotopic (exact) mass is 495 g/mol. The van der Waals surface area contributed by atoms with Crippen molar-refractivity contribution in [3.8, 4) is 0 Å². The molecule has 5 atom stereocenters. The van der Waals surface area contributed by atoms with E-state index >= 15 is 0 Å². The molecule has 0 aromatic heterocycles. The van der Waals surface area contributed by atoms with Gasteiger partial charge < -0.3 is 5.11 Å². The van der Waals surface area contributed by atoms with E-state index in [-0.39, 0.29) is 5.92 Å². The van der Waals surface area contributed by atoms with Crippen molar-refractivity contribution >= 4 is 5.97 Å². The van der Waals surface area contributed by atoms with Crippen LogP contribution in [0.4, 0.5) is 0 Å². The molecule has 0 aliphatic heterocycles. The fourth-order valence-electron chi connectivity index (χ4n) is 6.21. The summed E-state index contributed by atoms with van der Waals surface area (Å²) in [7, 11) is 0. The summed E-state index contributed by atoms with van der Waals surface area (Å²) in [4.78, 5) is 11.1. The summed E-state index contributed by atoms with van der Waals surface area (Å²) in [6, 6.07) is 0. The zero-order valence-electron chi connectivity index (χ0n) is 25.1. The normalized spacial score (nSPS) is 16.1. The molecule has 0 aromatic carbocycles. The fourth-order valence-corrected chi connectivity index (χ4v) is 6.21. The number of hydrogen-bond acceptors (Lipinski definition) is 1. The van der Waals surface area contributed by atoms with Crippen molar-refractivity contribution in [1.82, 2.24) is 0 Å². The molecule has 35 heavy (non-hydrogen) atoms. The largest absolute Gasteiger partial charge is 0.481 e. The standard InChI is InChI=1S/C33H66O2/c1-7-8-9-10-11-12-13-14-15-16-17-18-19-20-21-22-23-28(2)24-29(3)25-30(4)26-31(5)27-32(6)33(34)35/h28-32H,7-27H2,1-6H3,(H,34,35)/t28-,29-,30-,31-,32-/m1/s1. The van der Waals surface area contributed by atoms with Crippen LogP contribution in [0, 0.1) is 29.6 Å². The Morgan fingerprint density at radius 1 is 0.486 bits per heavy atom. The SMILES string of the molecule is CCCCCCCCCCCCCCCCCC[C@@H](C)C[C@@H](C)C[C@@H](C)C[C@@H](C)C[C@@H](C)C(=O)O. The average molecular weight is 495 g/mol. The highest BCUT2D eigenvalue weighted by molar-refractivity contribution is 5.69. The topological polar surface area (TPSA) is 37.3 Å². The summed E-state index contributed by atoms with van der Waals surface area (Å²) in [6.45, 7) is 13.6. The predicted octanol–water partition coefficient (Wildman–Crippen LogP) is 11.5. The maximum absolute atomic E-state index is 11.1. The molecule has 0 aromatic rings. The quantitative estimate of drug-likeness (QED) is 0.121. The molecule has 0 radical (unpaired) electrons. The molecule has 0 saturated heterocycles. The second-order valence-corrected chi connectivity index (χ2v) is 12.7. The van der Waals surface area contributed by atoms with E-state index in [0.29, 0.717) is 11.8 Å². The number of hydrogen-bond donors (Lipinski definition) is 1. The molecule has 0 rings (SSSR count). The van der Waals surface area contributed by atoms with Crippen molar-refractivity contribution in [3.63, 3.8) is 0 Å². The van der Waals surface area contributed by atoms with Gasteiger partial charge in [-0.3, -0.25) is 4.79 Å². The highest BCUT2D eigenvalue weighted by atomic mass is 16.4. The lowest BCUT2D eigenvalue weighted by molar-refractivity contribution is -0.141. The van der Waals surface area contributed by atoms with Crippen molar-refractivity contribution in [2.24, 2.45) is 29.6 Å². The number of carboxylic acid groups (broad SMARTS) is 1. The van der Waals surface area contributed by atoms with Crippen LogP contribution in [0.3, 0.4) is 0 Å². The predicted molar refractivity (Wildman–Crippen MR) is 156 cm³/mol. The van der Waals surface area contributed by atoms with Crippen LogP contribution >= 0.6 is 0 Å². The molecule has 1 N–H and O–H groups in total. The van der Waals surface area contributed by atoms with E-state index in [2.05, 4.69) is 34.6 Å². The Balaban J connectivity index is 3.53. The van der Waals surface area contributed by atoms with Gasteiger partial charge >= 0.3 is 5.97 Å². The minimum atomic E-state index is -0.652. The van der Waals surface area contributed by atoms with Gasteiger partial charge in [-0.2, -0.15) is 0 Å². The van der Waals surface area contributed by atoms with E-state index in [1.165, 1.54) is 122 Å². The number of carbonyl (C=O) groups is 1. The Kier molecular flexibility index (Phi) is 23.5. The minimum absolute atomic E-state index is 0.214. The van der Waals surface area contributed by atoms with E-state index in [0.717, 1.165) is 24.7 Å². The number of unbranched alkanes of at least 4 members (excludes halogenated alkanes) is 15. The first-order valence-corrected chi connectivity index (χ1v) is 16.0. The molecule has 0 fully saturated rings. The lowest BCUT2D eigenvalue weighted by Gasteiger charge is -2.23. The third kappa shape index (κ3) is 23.6. The van der Waals surface area contributed by atoms with Gasteiger partial charge in [0.2, 0.25) is 0 Å². The Morgan fingerprint density at radius 3 is 1.17 bits per heavy atom. The molecule has 0 saturated carbocycles. The van der Waals surface area contributed by atoms with Crippen LogP contribution in [0.5, 0.6) is 0 Å². The second kappa shape index (κ2) is 23.8. The van der Waals surface area contributed by atoms with Gasteiger partial charge in [0.1, 0.15) is 0 Å². The smallest absolute Gasteiger partial charge is 0.306 e. The maximum atomic E-state index is 11.1. The Labute approximate surface area is 221 Å². The number of aliphatic carboxylic acids is 1. The van der Waals surface area contributed by atoms with Crippen LogP contribution in [0.2, 0.25) is 0 Å². The highest BCUT2D eigenvalue weighted by Crippen LogP contribution is 2.28. The first-order valence-electron chi connectivity index (χ1n) is 16.0. The molecule has 0 unspecified atom stereocenters. The highest BCUT2D eigenvalue weighted by Gasteiger charge is 2.19. The van der Waals surface area contributed by atoms with Crippen LogP contribution in [0.1, 0.15) is 176 Å². The summed E-state index contributed by atoms with van der Waals surface area (Å²) in [6.07, 6.45) is 29.1. The van der Waals surface area contributed by atoms with Gasteiger partial charge in [0.05, 0.1) is 5.92 Å². The lowest BCUT2D eigenvalue weighted by Crippen LogP contribution is -2.16. The third-order valence-electron chi connectivity index (χ3n) is 8.14. The molecule has 0 bridgehead atoms. The zero-order chi connectivity index (χ0) is 26.3. The number of rotatable bonds is 26. The van der Waals surface area contributed by atoms with Crippen molar-refractivity contribution in [2.75, 3.05) is 0 Å². The molecule has 0 spiro atoms. The van der Waals surface area contributed by atoms with Gasteiger partial charge in [-0.1, -0.05) is 151 Å². The number of carboxylic acids is 1. The van der Waals surface area contributed by atoms with E-state index in [1.54, 1.807) is 0 Å². The molecule has 0 aliphatic rings. The molecule has 0 amide bonds. The van der Waals surface area contributed by atoms with Gasteiger partial charge in [-0.15, -0.1) is 0 Å². The Hall–Kier alpha value is -0.530. The molecule has 2 heteroatoms. The first-order chi connectivity index (χ1) is 16.8. The molecule has 0 heterocycles. The molecule has 2 nitrogen and oxygen atoms in total. The summed E-state index contributed by atoms with van der Waals surface area (Å²) in [5, 5.41) is 9.12. The van der Waals surface area contributed by atoms with Crippen molar-refractivity contribution < 1.29 is 9.90 Å².